The number of nitrogens with one attached hydrogen (secondary N) is 1. The van der Waals surface area contributed by atoms with Gasteiger partial charge in [0.2, 0.25) is 0 Å². The lowest BCUT2D eigenvalue weighted by molar-refractivity contribution is -0.157. The normalized spacial score (nSPS) is 14.8. The molecule has 2 aromatic heterocycles. The summed E-state index contributed by atoms with van der Waals surface area (Å²) in [4.78, 5) is 43.6. The van der Waals surface area contributed by atoms with Gasteiger partial charge in [-0.1, -0.05) is 6.07 Å². The number of likely N-dealkylation sites (tertiary alicyclic amines) is 1. The summed E-state index contributed by atoms with van der Waals surface area (Å²) >= 11 is 0. The lowest BCUT2D eigenvalue weighted by atomic mass is 9.89. The molecule has 0 radical (unpaired) electrons. The van der Waals surface area contributed by atoms with Gasteiger partial charge in [0.15, 0.2) is 11.2 Å². The summed E-state index contributed by atoms with van der Waals surface area (Å²) in [6.07, 6.45) is -4.23. The molecule has 3 aromatic rings. The maximum absolute atomic E-state index is 13.5. The van der Waals surface area contributed by atoms with Crippen LogP contribution in [-0.4, -0.2) is 58.7 Å². The zero-order valence-corrected chi connectivity index (χ0v) is 23.2. The van der Waals surface area contributed by atoms with Crippen molar-refractivity contribution in [2.45, 2.75) is 58.5 Å². The van der Waals surface area contributed by atoms with Gasteiger partial charge in [-0.05, 0) is 58.9 Å². The highest BCUT2D eigenvalue weighted by atomic mass is 19.4. The van der Waals surface area contributed by atoms with E-state index < -0.39 is 47.6 Å². The topological polar surface area (TPSA) is 120 Å². The fourth-order valence-electron chi connectivity index (χ4n) is 4.41. The Kier molecular flexibility index (Phi) is 7.92. The number of esters is 1. The number of aryl methyl sites for hydroxylation is 1. The quantitative estimate of drug-likeness (QED) is 0.389. The zero-order chi connectivity index (χ0) is 30.2. The fourth-order valence-corrected chi connectivity index (χ4v) is 4.41. The van der Waals surface area contributed by atoms with E-state index in [1.165, 1.54) is 35.2 Å². The highest BCUT2D eigenvalue weighted by molar-refractivity contribution is 6.09. The standard InChI is InChI=1S/C28H30F3N3O7/c1-6-38-24(36)27(14-34(15-27)25(37)41-26(3,4)5)33-23(35)21-16(2)40-20-10-9-18(12-19(20)21)39-13-17-8-7-11-32-22(17)28(29,30)31/h7-12H,6,13-15H2,1-5H3,(H,33,35). The first-order valence-corrected chi connectivity index (χ1v) is 12.8. The van der Waals surface area contributed by atoms with E-state index in [0.29, 0.717) is 11.0 Å². The van der Waals surface area contributed by atoms with Crippen molar-refractivity contribution in [1.82, 2.24) is 15.2 Å². The van der Waals surface area contributed by atoms with Gasteiger partial charge >= 0.3 is 18.2 Å². The smallest absolute Gasteiger partial charge is 0.433 e. The first-order chi connectivity index (χ1) is 19.1. The van der Waals surface area contributed by atoms with E-state index >= 15 is 0 Å². The Morgan fingerprint density at radius 1 is 1.15 bits per heavy atom. The van der Waals surface area contributed by atoms with Crippen LogP contribution >= 0.6 is 0 Å². The van der Waals surface area contributed by atoms with E-state index in [1.54, 1.807) is 34.6 Å². The number of hydrogen-bond donors (Lipinski definition) is 1. The molecule has 13 heteroatoms. The van der Waals surface area contributed by atoms with Crippen LogP contribution in [0.15, 0.2) is 40.9 Å². The largest absolute Gasteiger partial charge is 0.489 e. The van der Waals surface area contributed by atoms with Crippen molar-refractivity contribution in [2.75, 3.05) is 19.7 Å². The van der Waals surface area contributed by atoms with Crippen molar-refractivity contribution in [2.24, 2.45) is 0 Å². The van der Waals surface area contributed by atoms with Crippen LogP contribution in [0, 0.1) is 6.92 Å². The van der Waals surface area contributed by atoms with Gasteiger partial charge in [-0.25, -0.2) is 9.59 Å². The maximum Gasteiger partial charge on any atom is 0.433 e. The molecule has 1 aromatic carbocycles. The molecule has 1 N–H and O–H groups in total. The summed E-state index contributed by atoms with van der Waals surface area (Å²) in [5.74, 6) is -0.950. The van der Waals surface area contributed by atoms with Crippen LogP contribution in [0.1, 0.15) is 55.1 Å². The van der Waals surface area contributed by atoms with E-state index in [4.69, 9.17) is 18.6 Å². The molecule has 10 nitrogen and oxygen atoms in total. The fraction of sp³-hybridized carbons (Fsp3) is 0.429. The van der Waals surface area contributed by atoms with E-state index in [9.17, 15) is 27.6 Å². The van der Waals surface area contributed by atoms with Crippen LogP contribution in [0.4, 0.5) is 18.0 Å². The molecule has 0 saturated carbocycles. The van der Waals surface area contributed by atoms with Gasteiger partial charge < -0.3 is 28.8 Å². The average Bonchev–Trinajstić information content (AvgIpc) is 3.18. The molecule has 1 saturated heterocycles. The molecule has 220 valence electrons. The van der Waals surface area contributed by atoms with Gasteiger partial charge in [0.25, 0.3) is 5.91 Å². The number of carbonyl (C=O) groups excluding carboxylic acids is 3. The molecule has 4 rings (SSSR count). The Labute approximate surface area is 233 Å². The Hall–Kier alpha value is -4.29. The third kappa shape index (κ3) is 6.39. The molecule has 0 spiro atoms. The number of aromatic nitrogens is 1. The van der Waals surface area contributed by atoms with Crippen LogP contribution in [0.2, 0.25) is 0 Å². The molecular weight excluding hydrogens is 547 g/mol. The van der Waals surface area contributed by atoms with Crippen LogP contribution < -0.4 is 10.1 Å². The van der Waals surface area contributed by atoms with Crippen LogP contribution in [-0.2, 0) is 27.1 Å². The van der Waals surface area contributed by atoms with Gasteiger partial charge in [0.05, 0.1) is 25.3 Å². The van der Waals surface area contributed by atoms with Gasteiger partial charge in [-0.2, -0.15) is 13.2 Å². The summed E-state index contributed by atoms with van der Waals surface area (Å²) in [7, 11) is 0. The van der Waals surface area contributed by atoms with Gasteiger partial charge in [0, 0.05) is 17.1 Å². The third-order valence-corrected chi connectivity index (χ3v) is 6.21. The van der Waals surface area contributed by atoms with E-state index in [0.717, 1.165) is 6.20 Å². The summed E-state index contributed by atoms with van der Waals surface area (Å²) < 4.78 is 61.8. The number of rotatable bonds is 7. The van der Waals surface area contributed by atoms with Crippen LogP contribution in [0.3, 0.4) is 0 Å². The maximum atomic E-state index is 13.5. The van der Waals surface area contributed by atoms with E-state index in [-0.39, 0.29) is 42.3 Å². The molecule has 0 bridgehead atoms. The van der Waals surface area contributed by atoms with Gasteiger partial charge in [0.1, 0.15) is 29.3 Å². The molecule has 1 aliphatic rings. The molecule has 2 amide bonds. The monoisotopic (exact) mass is 577 g/mol. The van der Waals surface area contributed by atoms with Crippen LogP contribution in [0.25, 0.3) is 11.0 Å². The number of carbonyl (C=O) groups is 3. The van der Waals surface area contributed by atoms with Crippen LogP contribution in [0.5, 0.6) is 5.75 Å². The highest BCUT2D eigenvalue weighted by Gasteiger charge is 2.55. The minimum atomic E-state index is -4.65. The SMILES string of the molecule is CCOC(=O)C1(NC(=O)c2c(C)oc3ccc(OCc4cccnc4C(F)(F)F)cc23)CN(C(=O)OC(C)(C)C)C1. The molecule has 1 fully saturated rings. The number of furan rings is 1. The van der Waals surface area contributed by atoms with Crippen molar-refractivity contribution in [3.8, 4) is 5.75 Å². The minimum absolute atomic E-state index is 0.0598. The van der Waals surface area contributed by atoms with E-state index in [2.05, 4.69) is 10.3 Å². The summed E-state index contributed by atoms with van der Waals surface area (Å²) in [6, 6.07) is 7.14. The van der Waals surface area contributed by atoms with Crippen molar-refractivity contribution in [1.29, 1.82) is 0 Å². The molecular formula is C28H30F3N3O7. The molecule has 1 aliphatic heterocycles. The number of amides is 2. The number of fused-ring (bicyclic) bond motifs is 1. The number of benzene rings is 1. The number of alkyl halides is 3. The molecule has 41 heavy (non-hydrogen) atoms. The second-order valence-electron chi connectivity index (χ2n) is 10.6. The zero-order valence-electron chi connectivity index (χ0n) is 23.2. The van der Waals surface area contributed by atoms with E-state index in [1.807, 2.05) is 0 Å². The van der Waals surface area contributed by atoms with Gasteiger partial charge in [-0.3, -0.25) is 9.78 Å². The Balaban J connectivity index is 1.56. The molecule has 3 heterocycles. The number of hydrogen-bond acceptors (Lipinski definition) is 8. The van der Waals surface area contributed by atoms with Crippen molar-refractivity contribution in [3.05, 3.63) is 59.1 Å². The highest BCUT2D eigenvalue weighted by Crippen LogP contribution is 2.33. The molecule has 0 unspecified atom stereocenters. The number of ether oxygens (including phenoxy) is 3. The first-order valence-electron chi connectivity index (χ1n) is 12.8. The van der Waals surface area contributed by atoms with Crippen molar-refractivity contribution >= 4 is 28.9 Å². The van der Waals surface area contributed by atoms with Crippen molar-refractivity contribution in [3.63, 3.8) is 0 Å². The summed E-state index contributed by atoms with van der Waals surface area (Å²) in [5.41, 5.74) is -3.04. The Morgan fingerprint density at radius 3 is 2.49 bits per heavy atom. The summed E-state index contributed by atoms with van der Waals surface area (Å²) in [5, 5.41) is 3.02. The van der Waals surface area contributed by atoms with Crippen molar-refractivity contribution < 1.29 is 46.2 Å². The Bertz CT molecular complexity index is 1470. The molecule has 0 aliphatic carbocycles. The predicted molar refractivity (Wildman–Crippen MR) is 139 cm³/mol. The molecule has 0 atom stereocenters. The average molecular weight is 578 g/mol. The predicted octanol–water partition coefficient (Wildman–Crippen LogP) is 5.02. The third-order valence-electron chi connectivity index (χ3n) is 6.21. The number of halogens is 3. The Morgan fingerprint density at radius 2 is 1.85 bits per heavy atom. The summed E-state index contributed by atoms with van der Waals surface area (Å²) in [6.45, 7) is 7.63. The lowest BCUT2D eigenvalue weighted by Crippen LogP contribution is -2.75. The second-order valence-corrected chi connectivity index (χ2v) is 10.6. The number of nitrogens with zero attached hydrogens (tertiary/aromatic N) is 2. The van der Waals surface area contributed by atoms with Gasteiger partial charge in [-0.15, -0.1) is 0 Å². The lowest BCUT2D eigenvalue weighted by Gasteiger charge is -2.47. The minimum Gasteiger partial charge on any atom is -0.489 e. The first kappa shape index (κ1) is 29.7. The number of pyridine rings is 1. The second kappa shape index (κ2) is 10.9.